The van der Waals surface area contributed by atoms with E-state index in [2.05, 4.69) is 98.8 Å². The van der Waals surface area contributed by atoms with Crippen LogP contribution in [0.5, 0.6) is 23.0 Å². The van der Waals surface area contributed by atoms with E-state index in [9.17, 15) is 10.2 Å². The van der Waals surface area contributed by atoms with Crippen LogP contribution < -0.4 is 9.47 Å². The summed E-state index contributed by atoms with van der Waals surface area (Å²) < 4.78 is 13.8. The average molecular weight is 877 g/mol. The van der Waals surface area contributed by atoms with Crippen molar-refractivity contribution in [1.82, 2.24) is 0 Å². The van der Waals surface area contributed by atoms with Gasteiger partial charge in [-0.25, -0.2) is 0 Å². The Morgan fingerprint density at radius 1 is 0.394 bits per heavy atom. The fourth-order valence-corrected chi connectivity index (χ4v) is 13.0. The molecule has 0 spiro atoms. The number of para-hydroxylation sites is 2. The molecule has 6 aromatic rings. The van der Waals surface area contributed by atoms with Gasteiger partial charge in [0, 0.05) is 33.4 Å². The summed E-state index contributed by atoms with van der Waals surface area (Å²) in [5.74, 6) is 3.06. The molecule has 5 aliphatic carbocycles. The first kappa shape index (κ1) is 43.1. The summed E-state index contributed by atoms with van der Waals surface area (Å²) in [5, 5.41) is 24.8. The second kappa shape index (κ2) is 18.7. The number of aromatic hydroxyl groups is 2. The highest BCUT2D eigenvalue weighted by Crippen LogP contribution is 2.50. The first-order chi connectivity index (χ1) is 32.4. The molecule has 5 aliphatic rings. The van der Waals surface area contributed by atoms with Crippen LogP contribution in [-0.4, -0.2) is 23.4 Å². The molecule has 0 aromatic heterocycles. The zero-order chi connectivity index (χ0) is 44.7. The van der Waals surface area contributed by atoms with Gasteiger partial charge in [-0.15, -0.1) is 0 Å². The van der Waals surface area contributed by atoms with E-state index in [1.54, 1.807) is 0 Å². The molecular weight excluding hydrogens is 809 g/mol. The Bertz CT molecular complexity index is 2530. The van der Waals surface area contributed by atoms with Crippen LogP contribution in [0, 0.1) is 25.7 Å². The van der Waals surface area contributed by atoms with E-state index in [1.165, 1.54) is 120 Å². The molecule has 340 valence electrons. The second-order valence-electron chi connectivity index (χ2n) is 20.7. The molecule has 4 heteroatoms. The SMILES string of the molecule is Cc1cc(-c2ccccc2OCC2CCCC[C@@H]2COc2ccccc2-c2cc(C)cc(-c3c4c(cc5c3CCCC5)CCCC4)c2O)c(O)c(-c2c3c(cc4c2CCCC4)CCCC3)c1. The predicted molar refractivity (Wildman–Crippen MR) is 270 cm³/mol. The topological polar surface area (TPSA) is 58.9 Å². The second-order valence-corrected chi connectivity index (χ2v) is 20.7. The molecule has 6 aromatic carbocycles. The van der Waals surface area contributed by atoms with Crippen molar-refractivity contribution in [2.24, 2.45) is 11.8 Å². The molecular formula is C62H68O4. The van der Waals surface area contributed by atoms with Crippen LogP contribution in [0.3, 0.4) is 0 Å². The smallest absolute Gasteiger partial charge is 0.131 e. The fraction of sp³-hybridized carbons (Fsp3) is 0.419. The van der Waals surface area contributed by atoms with Crippen LogP contribution in [0.25, 0.3) is 44.5 Å². The van der Waals surface area contributed by atoms with E-state index < -0.39 is 0 Å². The molecule has 0 heterocycles. The molecule has 0 amide bonds. The number of hydrogen-bond donors (Lipinski definition) is 2. The van der Waals surface area contributed by atoms with Gasteiger partial charge in [0.15, 0.2) is 0 Å². The number of ether oxygens (including phenoxy) is 2. The van der Waals surface area contributed by atoms with E-state index in [4.69, 9.17) is 9.47 Å². The van der Waals surface area contributed by atoms with E-state index in [-0.39, 0.29) is 0 Å². The summed E-state index contributed by atoms with van der Waals surface area (Å²) in [4.78, 5) is 0. The molecule has 1 fully saturated rings. The number of phenols is 2. The van der Waals surface area contributed by atoms with Gasteiger partial charge in [0.05, 0.1) is 13.2 Å². The zero-order valence-electron chi connectivity index (χ0n) is 39.5. The number of benzene rings is 6. The van der Waals surface area contributed by atoms with Gasteiger partial charge in [0.2, 0.25) is 0 Å². The maximum Gasteiger partial charge on any atom is 0.131 e. The van der Waals surface area contributed by atoms with Gasteiger partial charge in [-0.05, 0) is 244 Å². The van der Waals surface area contributed by atoms with Crippen molar-refractivity contribution in [2.75, 3.05) is 13.2 Å². The quantitative estimate of drug-likeness (QED) is 0.144. The lowest BCUT2D eigenvalue weighted by molar-refractivity contribution is 0.105. The summed E-state index contributed by atoms with van der Waals surface area (Å²) in [6, 6.07) is 30.4. The minimum absolute atomic E-state index is 0.331. The molecule has 0 radical (unpaired) electrons. The third-order valence-electron chi connectivity index (χ3n) is 16.3. The fourth-order valence-electron chi connectivity index (χ4n) is 13.0. The van der Waals surface area contributed by atoms with Crippen LogP contribution in [0.4, 0.5) is 0 Å². The third-order valence-corrected chi connectivity index (χ3v) is 16.3. The van der Waals surface area contributed by atoms with Crippen LogP contribution in [0.1, 0.15) is 133 Å². The molecule has 2 atom stereocenters. The third kappa shape index (κ3) is 8.22. The maximum atomic E-state index is 12.4. The summed E-state index contributed by atoms with van der Waals surface area (Å²) >= 11 is 0. The Morgan fingerprint density at radius 2 is 0.727 bits per heavy atom. The van der Waals surface area contributed by atoms with Gasteiger partial charge < -0.3 is 19.7 Å². The van der Waals surface area contributed by atoms with Crippen molar-refractivity contribution >= 4 is 0 Å². The first-order valence-corrected chi connectivity index (χ1v) is 25.8. The molecule has 66 heavy (non-hydrogen) atoms. The van der Waals surface area contributed by atoms with Gasteiger partial charge >= 0.3 is 0 Å². The lowest BCUT2D eigenvalue weighted by Gasteiger charge is -2.32. The van der Waals surface area contributed by atoms with Crippen LogP contribution in [0.2, 0.25) is 0 Å². The maximum absolute atomic E-state index is 12.4. The van der Waals surface area contributed by atoms with E-state index in [0.717, 1.165) is 120 Å². The van der Waals surface area contributed by atoms with Gasteiger partial charge in [-0.2, -0.15) is 0 Å². The standard InChI is InChI=1S/C62H68O4/c1-39-31-53(61(63)55(33-39)59-47-23-9-5-17-41(47)35-42-18-6-10-24-48(42)59)51-27-13-15-29-57(51)65-37-45-21-3-4-22-46(45)38-66-58-30-16-14-28-52(58)54-32-40(2)34-56(62(54)64)60-49-25-11-7-19-43(49)36-44-20-8-12-26-50(44)60/h13-16,27-36,45-46,63-64H,3-12,17-26,37-38H2,1-2H3/t45-,46?/m1/s1. The van der Waals surface area contributed by atoms with Crippen LogP contribution in [0.15, 0.2) is 84.9 Å². The molecule has 4 nitrogen and oxygen atoms in total. The van der Waals surface area contributed by atoms with E-state index >= 15 is 0 Å². The number of aryl methyl sites for hydroxylation is 6. The van der Waals surface area contributed by atoms with Gasteiger partial charge in [0.25, 0.3) is 0 Å². The lowest BCUT2D eigenvalue weighted by Crippen LogP contribution is -2.30. The highest BCUT2D eigenvalue weighted by Gasteiger charge is 2.31. The minimum Gasteiger partial charge on any atom is -0.507 e. The van der Waals surface area contributed by atoms with Crippen molar-refractivity contribution in [2.45, 2.75) is 142 Å². The van der Waals surface area contributed by atoms with Crippen molar-refractivity contribution in [3.63, 3.8) is 0 Å². The van der Waals surface area contributed by atoms with Gasteiger partial charge in [-0.3, -0.25) is 0 Å². The van der Waals surface area contributed by atoms with Crippen molar-refractivity contribution in [1.29, 1.82) is 0 Å². The Morgan fingerprint density at radius 3 is 1.11 bits per heavy atom. The average Bonchev–Trinajstić information content (AvgIpc) is 3.35. The Kier molecular flexibility index (Phi) is 12.2. The summed E-state index contributed by atoms with van der Waals surface area (Å²) in [6.45, 7) is 5.53. The Hall–Kier alpha value is -5.48. The summed E-state index contributed by atoms with van der Waals surface area (Å²) in [7, 11) is 0. The molecule has 11 rings (SSSR count). The van der Waals surface area contributed by atoms with Gasteiger partial charge in [-0.1, -0.05) is 61.4 Å². The van der Waals surface area contributed by atoms with Crippen molar-refractivity contribution in [3.05, 3.63) is 141 Å². The normalized spacial score (nSPS) is 19.0. The Balaban J connectivity index is 0.857. The van der Waals surface area contributed by atoms with Crippen LogP contribution in [-0.2, 0) is 51.4 Å². The highest BCUT2D eigenvalue weighted by atomic mass is 16.5. The Labute approximate surface area is 393 Å². The molecule has 1 unspecified atom stereocenters. The van der Waals surface area contributed by atoms with Crippen molar-refractivity contribution in [3.8, 4) is 67.5 Å². The monoisotopic (exact) mass is 877 g/mol. The number of hydrogen-bond acceptors (Lipinski definition) is 4. The van der Waals surface area contributed by atoms with Crippen molar-refractivity contribution < 1.29 is 19.7 Å². The molecule has 0 aliphatic heterocycles. The summed E-state index contributed by atoms with van der Waals surface area (Å²) in [6.07, 6.45) is 23.3. The molecule has 2 N–H and O–H groups in total. The first-order valence-electron chi connectivity index (χ1n) is 25.8. The van der Waals surface area contributed by atoms with E-state index in [1.807, 2.05) is 0 Å². The summed E-state index contributed by atoms with van der Waals surface area (Å²) in [5.41, 5.74) is 22.4. The lowest BCUT2D eigenvalue weighted by atomic mass is 9.76. The van der Waals surface area contributed by atoms with Gasteiger partial charge in [0.1, 0.15) is 23.0 Å². The number of fused-ring (bicyclic) bond motifs is 4. The zero-order valence-corrected chi connectivity index (χ0v) is 39.5. The predicted octanol–water partition coefficient (Wildman–Crippen LogP) is 15.2. The van der Waals surface area contributed by atoms with Crippen LogP contribution >= 0.6 is 0 Å². The largest absolute Gasteiger partial charge is 0.507 e. The number of phenolic OH excluding ortho intramolecular Hbond substituents is 2. The van der Waals surface area contributed by atoms with E-state index in [0.29, 0.717) is 36.5 Å². The number of rotatable bonds is 10. The molecule has 1 saturated carbocycles. The molecule has 0 bridgehead atoms. The highest BCUT2D eigenvalue weighted by molar-refractivity contribution is 5.90. The molecule has 0 saturated heterocycles. The minimum atomic E-state index is 0.331.